The predicted octanol–water partition coefficient (Wildman–Crippen LogP) is 13.7. The monoisotopic (exact) mass is 888 g/mol. The average molecular weight is 892 g/mol. The molecule has 0 amide bonds. The Bertz CT molecular complexity index is 1580. The largest absolute Gasteiger partial charge is 0.114 e. The zero-order valence-electron chi connectivity index (χ0n) is 27.2. The average Bonchev–Trinajstić information content (AvgIpc) is 3.16. The van der Waals surface area contributed by atoms with Gasteiger partial charge in [-0.05, 0) is 89.5 Å². The van der Waals surface area contributed by atoms with Crippen LogP contribution in [0.4, 0.5) is 0 Å². The van der Waals surface area contributed by atoms with Gasteiger partial charge in [-0.15, -0.1) is 17.0 Å². The van der Waals surface area contributed by atoms with Crippen LogP contribution in [0.15, 0.2) is 170 Å². The Morgan fingerprint density at radius 3 is 0.833 bits per heavy atom. The topological polar surface area (TPSA) is 0 Å². The highest BCUT2D eigenvalue weighted by molar-refractivity contribution is 9.93. The second kappa shape index (κ2) is 23.6. The van der Waals surface area contributed by atoms with Crippen molar-refractivity contribution in [3.63, 3.8) is 0 Å². The molecule has 0 aliphatic heterocycles. The molecular weight excluding hydrogens is 848 g/mol. The lowest BCUT2D eigenvalue weighted by molar-refractivity contribution is 0.934. The molecule has 6 aromatic carbocycles. The normalized spacial score (nSPS) is 10.7. The first-order valence-electron chi connectivity index (χ1n) is 16.3. The quantitative estimate of drug-likeness (QED) is 0.107. The lowest BCUT2D eigenvalue weighted by atomic mass is 10.0. The number of hydrogen-bond acceptors (Lipinski definition) is 0. The van der Waals surface area contributed by atoms with E-state index in [1.165, 1.54) is 44.5 Å². The van der Waals surface area contributed by atoms with Crippen molar-refractivity contribution in [2.75, 3.05) is 0 Å². The molecule has 0 N–H and O–H groups in total. The van der Waals surface area contributed by atoms with Crippen LogP contribution in [0, 0.1) is 0 Å². The Morgan fingerprint density at radius 1 is 0.312 bits per heavy atom. The van der Waals surface area contributed by atoms with Crippen molar-refractivity contribution in [1.29, 1.82) is 0 Å². The third-order valence-electron chi connectivity index (χ3n) is 8.26. The van der Waals surface area contributed by atoms with Gasteiger partial charge in [0.15, 0.2) is 0 Å². The maximum Gasteiger partial charge on any atom is 0.0435 e. The molecule has 0 aromatic heterocycles. The molecule has 0 aliphatic carbocycles. The second-order valence-corrected chi connectivity index (χ2v) is 12.8. The Hall–Kier alpha value is -2.76. The van der Waals surface area contributed by atoms with Crippen molar-refractivity contribution < 1.29 is 0 Å². The highest BCUT2D eigenvalue weighted by Crippen LogP contribution is 2.27. The van der Waals surface area contributed by atoms with Crippen LogP contribution in [-0.4, -0.2) is 0 Å². The van der Waals surface area contributed by atoms with Crippen molar-refractivity contribution in [3.8, 4) is 0 Å². The third kappa shape index (κ3) is 14.8. The fourth-order valence-corrected chi connectivity index (χ4v) is 6.18. The van der Waals surface area contributed by atoms with E-state index in [1.807, 2.05) is 0 Å². The predicted molar refractivity (Wildman–Crippen MR) is 224 cm³/mol. The molecule has 4 heteroatoms. The summed E-state index contributed by atoms with van der Waals surface area (Å²) in [5.41, 5.74) is 11.2. The molecule has 0 radical (unpaired) electrons. The fourth-order valence-electron chi connectivity index (χ4n) is 5.50. The van der Waals surface area contributed by atoms with E-state index in [9.17, 15) is 0 Å². The zero-order chi connectivity index (χ0) is 32.9. The zero-order valence-corrected chi connectivity index (χ0v) is 33.7. The summed E-state index contributed by atoms with van der Waals surface area (Å²) < 4.78 is 0. The van der Waals surface area contributed by atoms with Crippen LogP contribution in [0.25, 0.3) is 0 Å². The molecule has 1 unspecified atom stereocenters. The van der Waals surface area contributed by atoms with Crippen LogP contribution in [-0.2, 0) is 44.9 Å². The lowest BCUT2D eigenvalue weighted by Gasteiger charge is -2.11. The van der Waals surface area contributed by atoms with Gasteiger partial charge in [-0.2, -0.15) is 0 Å². The molecule has 6 rings (SSSR count). The maximum atomic E-state index is 3.82. The first-order chi connectivity index (χ1) is 23.2. The smallest absolute Gasteiger partial charge is 0.0435 e. The van der Waals surface area contributed by atoms with Crippen LogP contribution < -0.4 is 0 Å². The van der Waals surface area contributed by atoms with Gasteiger partial charge in [-0.1, -0.05) is 186 Å². The summed E-state index contributed by atoms with van der Waals surface area (Å²) in [7, 11) is 0. The molecule has 0 heterocycles. The summed E-state index contributed by atoms with van der Waals surface area (Å²) in [4.78, 5) is 0.369. The number of rotatable bonds is 12. The van der Waals surface area contributed by atoms with E-state index in [4.69, 9.17) is 0 Å². The molecule has 0 fully saturated rings. The van der Waals surface area contributed by atoms with E-state index in [1.54, 1.807) is 0 Å². The van der Waals surface area contributed by atoms with Gasteiger partial charge in [0, 0.05) is 33.1 Å². The SMILES string of the molecule is Br.BrBr.BrC(Cc1ccccc1)c1ccc(CCc2ccccc2)cc1.c1ccc(CCc2ccc(CCc3ccccc3)cc2)cc1. The number of benzene rings is 6. The maximum absolute atomic E-state index is 3.82. The molecule has 0 saturated heterocycles. The van der Waals surface area contributed by atoms with Gasteiger partial charge in [0.2, 0.25) is 0 Å². The van der Waals surface area contributed by atoms with E-state index in [2.05, 4.69) is 214 Å². The Morgan fingerprint density at radius 2 is 0.542 bits per heavy atom. The molecule has 0 saturated carbocycles. The third-order valence-corrected chi connectivity index (χ3v) is 9.11. The Labute approximate surface area is 322 Å². The van der Waals surface area contributed by atoms with Crippen LogP contribution in [0.1, 0.15) is 49.3 Å². The summed E-state index contributed by atoms with van der Waals surface area (Å²) in [5.74, 6) is 0. The van der Waals surface area contributed by atoms with Gasteiger partial charge < -0.3 is 0 Å². The lowest BCUT2D eigenvalue weighted by Crippen LogP contribution is -1.96. The Kier molecular flexibility index (Phi) is 19.5. The Balaban J connectivity index is 0.000000243. The van der Waals surface area contributed by atoms with Crippen molar-refractivity contribution in [2.45, 2.75) is 49.8 Å². The van der Waals surface area contributed by atoms with Gasteiger partial charge in [-0.25, -0.2) is 0 Å². The van der Waals surface area contributed by atoms with Crippen LogP contribution in [0.2, 0.25) is 0 Å². The highest BCUT2D eigenvalue weighted by Gasteiger charge is 2.08. The number of hydrogen-bond donors (Lipinski definition) is 0. The van der Waals surface area contributed by atoms with Crippen LogP contribution in [0.3, 0.4) is 0 Å². The molecule has 0 bridgehead atoms. The summed E-state index contributed by atoms with van der Waals surface area (Å²) >= 11 is 9.32. The number of aryl methyl sites for hydroxylation is 6. The van der Waals surface area contributed by atoms with Gasteiger partial charge in [0.25, 0.3) is 0 Å². The molecule has 6 aromatic rings. The minimum Gasteiger partial charge on any atom is -0.114 e. The summed E-state index contributed by atoms with van der Waals surface area (Å²) in [6, 6.07) is 60.9. The van der Waals surface area contributed by atoms with Gasteiger partial charge >= 0.3 is 0 Å². The first kappa shape index (κ1) is 39.7. The minimum absolute atomic E-state index is 0. The summed E-state index contributed by atoms with van der Waals surface area (Å²) in [6.07, 6.45) is 7.67. The van der Waals surface area contributed by atoms with Gasteiger partial charge in [-0.3, -0.25) is 0 Å². The van der Waals surface area contributed by atoms with E-state index in [-0.39, 0.29) is 17.0 Å². The van der Waals surface area contributed by atoms with Crippen LogP contribution in [0.5, 0.6) is 0 Å². The standard InChI is InChI=1S/C22H21Br.C22H22.Br2.BrH/c23-22(17-20-9-5-2-6-10-20)21-15-13-19(14-16-21)12-11-18-7-3-1-4-8-18;1-3-7-19(8-4-1)11-13-21-15-17-22(18-16-21)14-12-20-9-5-2-6-10-20;1-2;/h1-10,13-16,22H,11-12,17H2;1-10,15-18H,11-14H2;;1H. The van der Waals surface area contributed by atoms with Crippen molar-refractivity contribution in [2.24, 2.45) is 0 Å². The molecular formula is C44H44Br4. The second-order valence-electron chi connectivity index (χ2n) is 11.7. The van der Waals surface area contributed by atoms with E-state index in [0.29, 0.717) is 4.83 Å². The van der Waals surface area contributed by atoms with Gasteiger partial charge in [0.05, 0.1) is 0 Å². The summed E-state index contributed by atoms with van der Waals surface area (Å²) in [6.45, 7) is 0. The molecule has 0 nitrogen and oxygen atoms in total. The number of halogens is 4. The first-order valence-corrected chi connectivity index (χ1v) is 20.9. The van der Waals surface area contributed by atoms with Crippen molar-refractivity contribution >= 4 is 61.2 Å². The highest BCUT2D eigenvalue weighted by atomic mass is 80.9. The number of alkyl halides is 1. The van der Waals surface area contributed by atoms with Crippen LogP contribution >= 0.6 is 61.2 Å². The molecule has 1 atom stereocenters. The minimum atomic E-state index is 0. The van der Waals surface area contributed by atoms with E-state index >= 15 is 0 Å². The molecule has 0 spiro atoms. The molecule has 248 valence electrons. The molecule has 0 aliphatic rings. The van der Waals surface area contributed by atoms with Crippen molar-refractivity contribution in [1.82, 2.24) is 0 Å². The van der Waals surface area contributed by atoms with E-state index < -0.39 is 0 Å². The van der Waals surface area contributed by atoms with Crippen molar-refractivity contribution in [3.05, 3.63) is 214 Å². The summed E-state index contributed by atoms with van der Waals surface area (Å²) in [5, 5.41) is 0. The van der Waals surface area contributed by atoms with E-state index in [0.717, 1.165) is 44.9 Å². The fraction of sp³-hybridized carbons (Fsp3) is 0.182. The van der Waals surface area contributed by atoms with Gasteiger partial charge in [0.1, 0.15) is 0 Å². The molecule has 48 heavy (non-hydrogen) atoms.